The Morgan fingerprint density at radius 1 is 1.67 bits per heavy atom. The summed E-state index contributed by atoms with van der Waals surface area (Å²) in [6.07, 6.45) is 6.36. The van der Waals surface area contributed by atoms with E-state index in [2.05, 4.69) is 18.6 Å². The summed E-state index contributed by atoms with van der Waals surface area (Å²) >= 11 is 0. The fourth-order valence-electron chi connectivity index (χ4n) is 1.83. The average molecular weight is 212 g/mol. The van der Waals surface area contributed by atoms with E-state index in [0.29, 0.717) is 11.7 Å². The molecule has 0 radical (unpaired) electrons. The summed E-state index contributed by atoms with van der Waals surface area (Å²) in [6.45, 7) is 4.26. The van der Waals surface area contributed by atoms with Crippen LogP contribution >= 0.6 is 0 Å². The zero-order valence-corrected chi connectivity index (χ0v) is 9.79. The molecular weight excluding hydrogens is 192 g/mol. The van der Waals surface area contributed by atoms with Crippen LogP contribution in [0, 0.1) is 5.92 Å². The van der Waals surface area contributed by atoms with E-state index in [-0.39, 0.29) is 12.1 Å². The summed E-state index contributed by atoms with van der Waals surface area (Å²) in [5.74, 6) is 0.426. The van der Waals surface area contributed by atoms with Gasteiger partial charge in [0.05, 0.1) is 13.2 Å². The Balaban J connectivity index is 2.55. The van der Waals surface area contributed by atoms with Gasteiger partial charge in [0, 0.05) is 0 Å². The Morgan fingerprint density at radius 3 is 3.00 bits per heavy atom. The van der Waals surface area contributed by atoms with Crippen molar-refractivity contribution in [1.82, 2.24) is 0 Å². The van der Waals surface area contributed by atoms with Gasteiger partial charge in [-0.15, -0.1) is 0 Å². The topological polar surface area (TPSA) is 35.5 Å². The summed E-state index contributed by atoms with van der Waals surface area (Å²) in [7, 11) is 1.38. The van der Waals surface area contributed by atoms with E-state index in [1.54, 1.807) is 0 Å². The summed E-state index contributed by atoms with van der Waals surface area (Å²) in [5.41, 5.74) is 0. The van der Waals surface area contributed by atoms with Gasteiger partial charge in [0.25, 0.3) is 0 Å². The largest absolute Gasteiger partial charge is 0.483 e. The second-order valence-corrected chi connectivity index (χ2v) is 4.12. The van der Waals surface area contributed by atoms with Crippen molar-refractivity contribution in [3.8, 4) is 0 Å². The number of rotatable bonds is 4. The van der Waals surface area contributed by atoms with Gasteiger partial charge < -0.3 is 9.47 Å². The van der Waals surface area contributed by atoms with Crippen LogP contribution in [-0.4, -0.2) is 19.2 Å². The van der Waals surface area contributed by atoms with E-state index in [9.17, 15) is 4.79 Å². The molecule has 0 aromatic rings. The van der Waals surface area contributed by atoms with Crippen LogP contribution in [0.2, 0.25) is 0 Å². The highest BCUT2D eigenvalue weighted by molar-refractivity contribution is 5.86. The number of carbonyl (C=O) groups is 1. The normalized spacial score (nSPS) is 25.4. The molecule has 0 bridgehead atoms. The number of allylic oxidation sites excluding steroid dienone is 1. The number of methoxy groups -OCH3 is 1. The molecule has 3 nitrogen and oxygen atoms in total. The number of ether oxygens (including phenoxy) is 2. The molecule has 0 saturated heterocycles. The van der Waals surface area contributed by atoms with Crippen LogP contribution in [0.5, 0.6) is 0 Å². The number of esters is 1. The molecule has 3 heteroatoms. The summed E-state index contributed by atoms with van der Waals surface area (Å²) in [6, 6.07) is 0. The lowest BCUT2D eigenvalue weighted by molar-refractivity contribution is -0.142. The molecule has 0 aromatic carbocycles. The molecule has 2 atom stereocenters. The lowest BCUT2D eigenvalue weighted by Crippen LogP contribution is -2.24. The van der Waals surface area contributed by atoms with Gasteiger partial charge in [-0.1, -0.05) is 26.7 Å². The van der Waals surface area contributed by atoms with Crippen LogP contribution < -0.4 is 0 Å². The van der Waals surface area contributed by atoms with E-state index < -0.39 is 0 Å². The number of hydrogen-bond acceptors (Lipinski definition) is 3. The maximum Gasteiger partial charge on any atom is 0.372 e. The van der Waals surface area contributed by atoms with Gasteiger partial charge in [-0.3, -0.25) is 0 Å². The summed E-state index contributed by atoms with van der Waals surface area (Å²) in [4.78, 5) is 11.3. The van der Waals surface area contributed by atoms with Crippen molar-refractivity contribution < 1.29 is 14.3 Å². The molecular formula is C12H20O3. The summed E-state index contributed by atoms with van der Waals surface area (Å²) < 4.78 is 10.3. The van der Waals surface area contributed by atoms with Crippen LogP contribution in [-0.2, 0) is 14.3 Å². The Kier molecular flexibility index (Phi) is 4.66. The molecule has 1 aliphatic heterocycles. The van der Waals surface area contributed by atoms with Crippen molar-refractivity contribution in [2.45, 2.75) is 45.6 Å². The highest BCUT2D eigenvalue weighted by Gasteiger charge is 2.24. The maximum atomic E-state index is 11.3. The zero-order chi connectivity index (χ0) is 11.3. The van der Waals surface area contributed by atoms with Gasteiger partial charge in [-0.2, -0.15) is 0 Å². The fraction of sp³-hybridized carbons (Fsp3) is 0.750. The van der Waals surface area contributed by atoms with Gasteiger partial charge in [0.1, 0.15) is 0 Å². The molecule has 1 rings (SSSR count). The molecule has 15 heavy (non-hydrogen) atoms. The standard InChI is InChI=1S/C12H20O3/c1-4-5-6-10-7-9(2)8-11(15-10)12(13)14-3/h8-10H,4-7H2,1-3H3/t9-,10-/m0/s1. The van der Waals surface area contributed by atoms with Gasteiger partial charge in [-0.05, 0) is 24.8 Å². The minimum Gasteiger partial charge on any atom is -0.483 e. The van der Waals surface area contributed by atoms with Gasteiger partial charge in [0.2, 0.25) is 5.76 Å². The van der Waals surface area contributed by atoms with Crippen LogP contribution in [0.3, 0.4) is 0 Å². The first kappa shape index (κ1) is 12.1. The predicted octanol–water partition coefficient (Wildman–Crippen LogP) is 2.66. The minimum atomic E-state index is -0.358. The second-order valence-electron chi connectivity index (χ2n) is 4.12. The lowest BCUT2D eigenvalue weighted by atomic mass is 9.96. The molecule has 1 heterocycles. The monoisotopic (exact) mass is 212 g/mol. The smallest absolute Gasteiger partial charge is 0.372 e. The number of hydrogen-bond donors (Lipinski definition) is 0. The molecule has 0 spiro atoms. The van der Waals surface area contributed by atoms with Crippen molar-refractivity contribution in [2.75, 3.05) is 7.11 Å². The van der Waals surface area contributed by atoms with Gasteiger partial charge >= 0.3 is 5.97 Å². The first-order chi connectivity index (χ1) is 7.17. The van der Waals surface area contributed by atoms with Crippen molar-refractivity contribution in [3.63, 3.8) is 0 Å². The molecule has 0 saturated carbocycles. The Labute approximate surface area is 91.4 Å². The molecule has 0 aliphatic carbocycles. The van der Waals surface area contributed by atoms with Crippen molar-refractivity contribution in [3.05, 3.63) is 11.8 Å². The lowest BCUT2D eigenvalue weighted by Gasteiger charge is -2.26. The second kappa shape index (κ2) is 5.79. The van der Waals surface area contributed by atoms with Crippen molar-refractivity contribution in [1.29, 1.82) is 0 Å². The van der Waals surface area contributed by atoms with Crippen LogP contribution in [0.25, 0.3) is 0 Å². The number of carbonyl (C=O) groups excluding carboxylic acids is 1. The van der Waals surface area contributed by atoms with E-state index in [1.807, 2.05) is 6.08 Å². The first-order valence-corrected chi connectivity index (χ1v) is 5.64. The molecule has 0 N–H and O–H groups in total. The van der Waals surface area contributed by atoms with Crippen molar-refractivity contribution in [2.24, 2.45) is 5.92 Å². The third kappa shape index (κ3) is 3.57. The average Bonchev–Trinajstić information content (AvgIpc) is 2.24. The van der Waals surface area contributed by atoms with Crippen LogP contribution in [0.1, 0.15) is 39.5 Å². The third-order valence-corrected chi connectivity index (χ3v) is 2.63. The quantitative estimate of drug-likeness (QED) is 0.672. The van der Waals surface area contributed by atoms with E-state index >= 15 is 0 Å². The summed E-state index contributed by atoms with van der Waals surface area (Å²) in [5, 5.41) is 0. The maximum absolute atomic E-state index is 11.3. The molecule has 0 unspecified atom stereocenters. The Bertz CT molecular complexity index is 245. The predicted molar refractivity (Wildman–Crippen MR) is 58.3 cm³/mol. The highest BCUT2D eigenvalue weighted by Crippen LogP contribution is 2.25. The molecule has 86 valence electrons. The molecule has 1 aliphatic rings. The Morgan fingerprint density at radius 2 is 2.40 bits per heavy atom. The highest BCUT2D eigenvalue weighted by atomic mass is 16.6. The first-order valence-electron chi connectivity index (χ1n) is 5.64. The van der Waals surface area contributed by atoms with Crippen molar-refractivity contribution >= 4 is 5.97 Å². The van der Waals surface area contributed by atoms with Crippen LogP contribution in [0.15, 0.2) is 11.8 Å². The van der Waals surface area contributed by atoms with E-state index in [1.165, 1.54) is 7.11 Å². The van der Waals surface area contributed by atoms with Gasteiger partial charge in [0.15, 0.2) is 0 Å². The van der Waals surface area contributed by atoms with Gasteiger partial charge in [-0.25, -0.2) is 4.79 Å². The fourth-order valence-corrected chi connectivity index (χ4v) is 1.83. The number of unbranched alkanes of at least 4 members (excludes halogenated alkanes) is 1. The third-order valence-electron chi connectivity index (χ3n) is 2.63. The minimum absolute atomic E-state index is 0.180. The zero-order valence-electron chi connectivity index (χ0n) is 9.79. The van der Waals surface area contributed by atoms with E-state index in [4.69, 9.17) is 4.74 Å². The van der Waals surface area contributed by atoms with E-state index in [0.717, 1.165) is 25.7 Å². The molecule has 0 amide bonds. The Hall–Kier alpha value is -0.990. The SMILES string of the molecule is CCCC[C@H]1C[C@H](C)C=C(C(=O)OC)O1. The van der Waals surface area contributed by atoms with Crippen LogP contribution in [0.4, 0.5) is 0 Å². The molecule has 0 aromatic heterocycles. The molecule has 0 fully saturated rings.